The van der Waals surface area contributed by atoms with E-state index >= 15 is 0 Å². The van der Waals surface area contributed by atoms with Gasteiger partial charge >= 0.3 is 0 Å². The number of hydrogen-bond acceptors (Lipinski definition) is 6. The molecule has 0 radical (unpaired) electrons. The fourth-order valence-corrected chi connectivity index (χ4v) is 3.01. The van der Waals surface area contributed by atoms with Crippen LogP contribution in [0.3, 0.4) is 0 Å². The van der Waals surface area contributed by atoms with Crippen molar-refractivity contribution < 1.29 is 14.3 Å². The van der Waals surface area contributed by atoms with Crippen LogP contribution in [-0.2, 0) is 0 Å². The zero-order valence-electron chi connectivity index (χ0n) is 14.5. The summed E-state index contributed by atoms with van der Waals surface area (Å²) in [6.07, 6.45) is 7.47. The zero-order valence-corrected chi connectivity index (χ0v) is 14.5. The van der Waals surface area contributed by atoms with E-state index in [0.29, 0.717) is 47.9 Å². The maximum atomic E-state index is 12.5. The van der Waals surface area contributed by atoms with E-state index in [-0.39, 0.29) is 12.0 Å². The molecule has 1 saturated heterocycles. The monoisotopic (exact) mass is 366 g/mol. The van der Waals surface area contributed by atoms with Gasteiger partial charge < -0.3 is 14.8 Å². The van der Waals surface area contributed by atoms with Crippen molar-refractivity contribution in [2.45, 2.75) is 18.9 Å². The van der Waals surface area contributed by atoms with E-state index in [1.54, 1.807) is 46.2 Å². The van der Waals surface area contributed by atoms with Gasteiger partial charge in [-0.05, 0) is 18.2 Å². The van der Waals surface area contributed by atoms with Crippen LogP contribution in [-0.4, -0.2) is 50.0 Å². The maximum absolute atomic E-state index is 12.5. The fourth-order valence-electron chi connectivity index (χ4n) is 3.01. The smallest absolute Gasteiger partial charge is 0.259 e. The van der Waals surface area contributed by atoms with Crippen LogP contribution in [0.4, 0.5) is 0 Å². The number of aromatic nitrogens is 5. The molecule has 0 spiro atoms. The molecule has 4 rings (SSSR count). The lowest BCUT2D eigenvalue weighted by atomic mass is 10.1. The highest BCUT2D eigenvalue weighted by Gasteiger charge is 2.26. The normalized spacial score (nSPS) is 14.9. The van der Waals surface area contributed by atoms with Gasteiger partial charge in [0.05, 0.1) is 0 Å². The number of nitrogens with zero attached hydrogens (tertiary/aromatic N) is 6. The Labute approximate surface area is 155 Å². The minimum absolute atomic E-state index is 0.0286. The van der Waals surface area contributed by atoms with E-state index in [1.165, 1.54) is 12.4 Å². The average molecular weight is 366 g/mol. The molecule has 1 aliphatic heterocycles. The van der Waals surface area contributed by atoms with Crippen molar-refractivity contribution in [2.24, 2.45) is 0 Å². The zero-order chi connectivity index (χ0) is 18.6. The van der Waals surface area contributed by atoms with Crippen LogP contribution in [0.2, 0.25) is 0 Å². The summed E-state index contributed by atoms with van der Waals surface area (Å²) in [6, 6.07) is 8.59. The van der Waals surface area contributed by atoms with Gasteiger partial charge in [0.25, 0.3) is 5.91 Å². The molecular weight excluding hydrogens is 348 g/mol. The lowest BCUT2D eigenvalue weighted by Gasteiger charge is -2.31. The van der Waals surface area contributed by atoms with Crippen molar-refractivity contribution in [1.82, 2.24) is 24.9 Å². The number of ether oxygens (including phenoxy) is 1. The van der Waals surface area contributed by atoms with Gasteiger partial charge in [-0.25, -0.2) is 4.68 Å². The van der Waals surface area contributed by atoms with Crippen molar-refractivity contribution in [3.8, 4) is 11.7 Å². The fraction of sp³-hybridized carbons (Fsp3) is 0.278. The van der Waals surface area contributed by atoms with Gasteiger partial charge in [-0.1, -0.05) is 0 Å². The number of carbonyl (C=O) groups is 1. The molecular formula is C18H18N6O3. The van der Waals surface area contributed by atoms with E-state index in [9.17, 15) is 10.0 Å². The van der Waals surface area contributed by atoms with Gasteiger partial charge in [0, 0.05) is 50.5 Å². The van der Waals surface area contributed by atoms with Crippen LogP contribution < -0.4 is 9.47 Å². The Morgan fingerprint density at radius 1 is 1.19 bits per heavy atom. The summed E-state index contributed by atoms with van der Waals surface area (Å²) in [7, 11) is 0. The third-order valence-corrected chi connectivity index (χ3v) is 4.40. The van der Waals surface area contributed by atoms with Crippen molar-refractivity contribution >= 4 is 5.91 Å². The molecule has 27 heavy (non-hydrogen) atoms. The van der Waals surface area contributed by atoms with Crippen molar-refractivity contribution in [1.29, 1.82) is 0 Å². The number of hydrogen-bond donors (Lipinski definition) is 0. The Hall–Kier alpha value is -3.49. The summed E-state index contributed by atoms with van der Waals surface area (Å²) in [5.41, 5.74) is 0.395. The number of carbonyl (C=O) groups excluding carboxylic acids is 1. The van der Waals surface area contributed by atoms with E-state index in [2.05, 4.69) is 15.3 Å². The topological polar surface area (TPSA) is 100 Å². The highest BCUT2D eigenvalue weighted by molar-refractivity contribution is 5.93. The maximum Gasteiger partial charge on any atom is 0.259 e. The standard InChI is InChI=1S/C18H18N6O3/c25-18(14-3-1-9-23(26)13-14)22-11-6-15(7-12-22)27-17-5-4-16(20-21-17)24-10-2-8-19-24/h1-5,8-10,13,15H,6-7,11-12H2. The molecule has 0 unspecified atom stereocenters. The molecule has 138 valence electrons. The molecule has 0 atom stereocenters. The SMILES string of the molecule is O=C(c1ccc[n+]([O-])c1)N1CCC(Oc2ccc(-n3cccn3)nn2)CC1. The first-order valence-corrected chi connectivity index (χ1v) is 8.67. The predicted molar refractivity (Wildman–Crippen MR) is 94.1 cm³/mol. The molecule has 0 bridgehead atoms. The highest BCUT2D eigenvalue weighted by atomic mass is 16.5. The van der Waals surface area contributed by atoms with Crippen molar-refractivity contribution in [2.75, 3.05) is 13.1 Å². The summed E-state index contributed by atoms with van der Waals surface area (Å²) < 4.78 is 8.14. The van der Waals surface area contributed by atoms with E-state index in [4.69, 9.17) is 4.74 Å². The Kier molecular flexibility index (Phi) is 4.65. The first-order valence-electron chi connectivity index (χ1n) is 8.67. The first-order chi connectivity index (χ1) is 13.2. The lowest BCUT2D eigenvalue weighted by molar-refractivity contribution is -0.605. The Balaban J connectivity index is 1.32. The average Bonchev–Trinajstić information content (AvgIpc) is 3.23. The van der Waals surface area contributed by atoms with Gasteiger partial charge in [-0.2, -0.15) is 9.83 Å². The predicted octanol–water partition coefficient (Wildman–Crippen LogP) is 0.979. The van der Waals surface area contributed by atoms with Crippen molar-refractivity contribution in [3.05, 3.63) is 65.9 Å². The molecule has 3 aromatic heterocycles. The molecule has 0 N–H and O–H groups in total. The molecule has 3 aromatic rings. The number of likely N-dealkylation sites (tertiary alicyclic amines) is 1. The Morgan fingerprint density at radius 2 is 2.04 bits per heavy atom. The number of pyridine rings is 1. The molecule has 0 aliphatic carbocycles. The van der Waals surface area contributed by atoms with Gasteiger partial charge in [0.2, 0.25) is 5.88 Å². The number of amides is 1. The molecule has 0 aromatic carbocycles. The summed E-state index contributed by atoms with van der Waals surface area (Å²) in [5.74, 6) is 0.930. The van der Waals surface area contributed by atoms with E-state index < -0.39 is 0 Å². The molecule has 1 fully saturated rings. The van der Waals surface area contributed by atoms with Gasteiger partial charge in [-0.3, -0.25) is 4.79 Å². The van der Waals surface area contributed by atoms with Crippen LogP contribution in [0.5, 0.6) is 5.88 Å². The van der Waals surface area contributed by atoms with Crippen LogP contribution in [0.1, 0.15) is 23.2 Å². The number of rotatable bonds is 4. The molecule has 1 aliphatic rings. The molecule has 1 amide bonds. The van der Waals surface area contributed by atoms with E-state index in [1.807, 2.05) is 6.07 Å². The minimum Gasteiger partial charge on any atom is -0.619 e. The first kappa shape index (κ1) is 17.0. The molecule has 9 nitrogen and oxygen atoms in total. The third-order valence-electron chi connectivity index (χ3n) is 4.40. The second-order valence-electron chi connectivity index (χ2n) is 6.24. The third kappa shape index (κ3) is 3.86. The quantitative estimate of drug-likeness (QED) is 0.504. The van der Waals surface area contributed by atoms with Crippen LogP contribution in [0.15, 0.2) is 55.1 Å². The second kappa shape index (κ2) is 7.40. The lowest BCUT2D eigenvalue weighted by Crippen LogP contribution is -2.42. The minimum atomic E-state index is -0.137. The van der Waals surface area contributed by atoms with Gasteiger partial charge in [-0.15, -0.1) is 10.2 Å². The number of piperidine rings is 1. The largest absolute Gasteiger partial charge is 0.619 e. The summed E-state index contributed by atoms with van der Waals surface area (Å²) >= 11 is 0. The van der Waals surface area contributed by atoms with Gasteiger partial charge in [0.1, 0.15) is 11.7 Å². The van der Waals surface area contributed by atoms with Crippen LogP contribution >= 0.6 is 0 Å². The Bertz CT molecular complexity index is 905. The summed E-state index contributed by atoms with van der Waals surface area (Å²) in [6.45, 7) is 1.13. The summed E-state index contributed by atoms with van der Waals surface area (Å²) in [4.78, 5) is 14.2. The van der Waals surface area contributed by atoms with Crippen LogP contribution in [0.25, 0.3) is 5.82 Å². The highest BCUT2D eigenvalue weighted by Crippen LogP contribution is 2.18. The van der Waals surface area contributed by atoms with E-state index in [0.717, 1.165) is 0 Å². The van der Waals surface area contributed by atoms with Gasteiger partial charge in [0.15, 0.2) is 18.2 Å². The van der Waals surface area contributed by atoms with Crippen LogP contribution in [0, 0.1) is 5.21 Å². The molecule has 0 saturated carbocycles. The molecule has 9 heteroatoms. The second-order valence-corrected chi connectivity index (χ2v) is 6.24. The summed E-state index contributed by atoms with van der Waals surface area (Å²) in [5, 5.41) is 23.6. The van der Waals surface area contributed by atoms with Crippen molar-refractivity contribution in [3.63, 3.8) is 0 Å². The Morgan fingerprint density at radius 3 is 2.70 bits per heavy atom. The molecule has 4 heterocycles.